The van der Waals surface area contributed by atoms with E-state index in [0.717, 1.165) is 6.07 Å². The molecule has 2 rings (SSSR count). The molecule has 0 heterocycles. The maximum atomic E-state index is 12.9. The molecule has 0 aliphatic heterocycles. The van der Waals surface area contributed by atoms with Gasteiger partial charge in [-0.15, -0.1) is 0 Å². The number of alkyl halides is 3. The highest BCUT2D eigenvalue weighted by atomic mass is 79.9. The Kier molecular flexibility index (Phi) is 4.24. The summed E-state index contributed by atoms with van der Waals surface area (Å²) < 4.78 is 39.2. The van der Waals surface area contributed by atoms with E-state index in [4.69, 9.17) is 5.26 Å². The van der Waals surface area contributed by atoms with E-state index < -0.39 is 11.7 Å². The van der Waals surface area contributed by atoms with Crippen LogP contribution in [0.3, 0.4) is 0 Å². The normalized spacial score (nSPS) is 11.0. The number of hydrogen-bond acceptors (Lipinski definition) is 2. The molecule has 0 aliphatic rings. The molecular formula is C15H10BrF3N2. The lowest BCUT2D eigenvalue weighted by Gasteiger charge is -2.14. The Bertz CT molecular complexity index is 718. The van der Waals surface area contributed by atoms with Crippen molar-refractivity contribution in [2.24, 2.45) is 0 Å². The number of hydrogen-bond donors (Lipinski definition) is 1. The van der Waals surface area contributed by atoms with Crippen LogP contribution in [-0.4, -0.2) is 0 Å². The smallest absolute Gasteiger partial charge is 0.355 e. The molecule has 0 unspecified atom stereocenters. The van der Waals surface area contributed by atoms with Crippen LogP contribution in [0.5, 0.6) is 0 Å². The topological polar surface area (TPSA) is 35.8 Å². The molecule has 6 heteroatoms. The summed E-state index contributed by atoms with van der Waals surface area (Å²) in [4.78, 5) is 0. The van der Waals surface area contributed by atoms with Crippen LogP contribution in [0, 0.1) is 18.3 Å². The second kappa shape index (κ2) is 5.78. The number of aryl methyl sites for hydroxylation is 1. The molecule has 0 bridgehead atoms. The van der Waals surface area contributed by atoms with Crippen LogP contribution < -0.4 is 5.32 Å². The zero-order valence-corrected chi connectivity index (χ0v) is 12.5. The number of halogens is 4. The molecular weight excluding hydrogens is 345 g/mol. The third-order valence-corrected chi connectivity index (χ3v) is 3.58. The van der Waals surface area contributed by atoms with Gasteiger partial charge >= 0.3 is 6.18 Å². The van der Waals surface area contributed by atoms with Crippen molar-refractivity contribution in [3.8, 4) is 6.07 Å². The van der Waals surface area contributed by atoms with Gasteiger partial charge in [0.25, 0.3) is 0 Å². The van der Waals surface area contributed by atoms with Crippen molar-refractivity contribution in [1.29, 1.82) is 5.26 Å². The molecule has 0 saturated heterocycles. The number of nitriles is 1. The molecule has 0 aliphatic carbocycles. The summed E-state index contributed by atoms with van der Waals surface area (Å²) in [6.45, 7) is 1.42. The van der Waals surface area contributed by atoms with E-state index in [9.17, 15) is 13.2 Å². The van der Waals surface area contributed by atoms with E-state index >= 15 is 0 Å². The predicted octanol–water partition coefficient (Wildman–Crippen LogP) is 5.39. The summed E-state index contributed by atoms with van der Waals surface area (Å²) in [5.74, 6) is 0. The minimum atomic E-state index is -4.39. The van der Waals surface area contributed by atoms with Crippen LogP contribution in [0.25, 0.3) is 0 Å². The monoisotopic (exact) mass is 354 g/mol. The fourth-order valence-corrected chi connectivity index (χ4v) is 2.32. The Morgan fingerprint density at radius 3 is 2.43 bits per heavy atom. The Morgan fingerprint density at radius 1 is 1.14 bits per heavy atom. The van der Waals surface area contributed by atoms with Crippen molar-refractivity contribution in [3.63, 3.8) is 0 Å². The van der Waals surface area contributed by atoms with Gasteiger partial charge in [-0.05, 0) is 58.7 Å². The number of anilines is 2. The molecule has 2 aromatic carbocycles. The van der Waals surface area contributed by atoms with E-state index in [2.05, 4.69) is 21.2 Å². The van der Waals surface area contributed by atoms with Gasteiger partial charge in [0.15, 0.2) is 0 Å². The quantitative estimate of drug-likeness (QED) is 0.784. The van der Waals surface area contributed by atoms with Gasteiger partial charge < -0.3 is 5.32 Å². The molecule has 2 aromatic rings. The second-order valence-electron chi connectivity index (χ2n) is 4.46. The minimum Gasteiger partial charge on any atom is -0.355 e. The summed E-state index contributed by atoms with van der Waals surface area (Å²) >= 11 is 3.28. The zero-order chi connectivity index (χ0) is 15.6. The molecule has 0 atom stereocenters. The summed E-state index contributed by atoms with van der Waals surface area (Å²) in [7, 11) is 0. The standard InChI is InChI=1S/C15H10BrF3N2/c1-9-2-4-11(7-12(9)15(17,18)19)21-14-5-3-10(8-20)6-13(14)16/h2-7,21H,1H3. The number of benzene rings is 2. The van der Waals surface area contributed by atoms with Crippen LogP contribution in [0.4, 0.5) is 24.5 Å². The lowest BCUT2D eigenvalue weighted by atomic mass is 10.1. The summed E-state index contributed by atoms with van der Waals surface area (Å²) in [5.41, 5.74) is 0.890. The van der Waals surface area contributed by atoms with E-state index in [1.54, 1.807) is 24.3 Å². The van der Waals surface area contributed by atoms with Gasteiger partial charge in [0, 0.05) is 10.2 Å². The SMILES string of the molecule is Cc1ccc(Nc2ccc(C#N)cc2Br)cc1C(F)(F)F. The first-order valence-electron chi connectivity index (χ1n) is 5.96. The van der Waals surface area contributed by atoms with E-state index in [1.807, 2.05) is 6.07 Å². The molecule has 21 heavy (non-hydrogen) atoms. The third-order valence-electron chi connectivity index (χ3n) is 2.92. The summed E-state index contributed by atoms with van der Waals surface area (Å²) in [6.07, 6.45) is -4.39. The van der Waals surface area contributed by atoms with Crippen molar-refractivity contribution < 1.29 is 13.2 Å². The summed E-state index contributed by atoms with van der Waals surface area (Å²) in [6, 6.07) is 10.9. The van der Waals surface area contributed by atoms with Gasteiger partial charge in [0.1, 0.15) is 0 Å². The van der Waals surface area contributed by atoms with Crippen LogP contribution >= 0.6 is 15.9 Å². The fourth-order valence-electron chi connectivity index (χ4n) is 1.85. The lowest BCUT2D eigenvalue weighted by molar-refractivity contribution is -0.138. The zero-order valence-electron chi connectivity index (χ0n) is 10.9. The first-order valence-corrected chi connectivity index (χ1v) is 6.75. The maximum absolute atomic E-state index is 12.9. The highest BCUT2D eigenvalue weighted by Crippen LogP contribution is 2.35. The van der Waals surface area contributed by atoms with Gasteiger partial charge in [-0.2, -0.15) is 18.4 Å². The van der Waals surface area contributed by atoms with Crippen LogP contribution in [0.1, 0.15) is 16.7 Å². The maximum Gasteiger partial charge on any atom is 0.416 e. The average Bonchev–Trinajstić information content (AvgIpc) is 2.41. The van der Waals surface area contributed by atoms with Gasteiger partial charge in [0.2, 0.25) is 0 Å². The Hall–Kier alpha value is -2.00. The molecule has 2 nitrogen and oxygen atoms in total. The third kappa shape index (κ3) is 3.56. The van der Waals surface area contributed by atoms with Gasteiger partial charge in [0.05, 0.1) is 22.9 Å². The molecule has 0 saturated carbocycles. The average molecular weight is 355 g/mol. The largest absolute Gasteiger partial charge is 0.416 e. The van der Waals surface area contributed by atoms with Gasteiger partial charge in [-0.1, -0.05) is 6.07 Å². The Morgan fingerprint density at radius 2 is 1.86 bits per heavy atom. The van der Waals surface area contributed by atoms with Crippen molar-refractivity contribution in [2.45, 2.75) is 13.1 Å². The first kappa shape index (κ1) is 15.4. The minimum absolute atomic E-state index is 0.173. The molecule has 0 aromatic heterocycles. The second-order valence-corrected chi connectivity index (χ2v) is 5.31. The highest BCUT2D eigenvalue weighted by Gasteiger charge is 2.32. The predicted molar refractivity (Wildman–Crippen MR) is 78.3 cm³/mol. The van der Waals surface area contributed by atoms with Gasteiger partial charge in [-0.3, -0.25) is 0 Å². The highest BCUT2D eigenvalue weighted by molar-refractivity contribution is 9.10. The van der Waals surface area contributed by atoms with Gasteiger partial charge in [-0.25, -0.2) is 0 Å². The summed E-state index contributed by atoms with van der Waals surface area (Å²) in [5, 5.41) is 11.7. The Balaban J connectivity index is 2.35. The molecule has 0 spiro atoms. The first-order chi connectivity index (χ1) is 9.81. The molecule has 0 radical (unpaired) electrons. The van der Waals surface area contributed by atoms with E-state index in [1.165, 1.54) is 13.0 Å². The lowest BCUT2D eigenvalue weighted by Crippen LogP contribution is -2.08. The van der Waals surface area contributed by atoms with E-state index in [-0.39, 0.29) is 5.56 Å². The molecule has 0 amide bonds. The van der Waals surface area contributed by atoms with Crippen molar-refractivity contribution in [1.82, 2.24) is 0 Å². The molecule has 0 fully saturated rings. The van der Waals surface area contributed by atoms with E-state index in [0.29, 0.717) is 21.4 Å². The Labute approximate surface area is 128 Å². The van der Waals surface area contributed by atoms with Crippen molar-refractivity contribution >= 4 is 27.3 Å². The number of nitrogens with zero attached hydrogens (tertiary/aromatic N) is 1. The van der Waals surface area contributed by atoms with Crippen LogP contribution in [0.2, 0.25) is 0 Å². The molecule has 1 N–H and O–H groups in total. The number of nitrogens with one attached hydrogen (secondary N) is 1. The van der Waals surface area contributed by atoms with Crippen LogP contribution in [0.15, 0.2) is 40.9 Å². The number of rotatable bonds is 2. The fraction of sp³-hybridized carbons (Fsp3) is 0.133. The van der Waals surface area contributed by atoms with Crippen LogP contribution in [-0.2, 0) is 6.18 Å². The van der Waals surface area contributed by atoms with Crippen molar-refractivity contribution in [2.75, 3.05) is 5.32 Å². The molecule has 108 valence electrons. The van der Waals surface area contributed by atoms with Crippen molar-refractivity contribution in [3.05, 3.63) is 57.6 Å².